The number of rotatable bonds is 2. The molecule has 2 heterocycles. The molecule has 0 N–H and O–H groups in total. The zero-order valence-corrected chi connectivity index (χ0v) is 7.37. The van der Waals surface area contributed by atoms with Crippen LogP contribution in [0, 0.1) is 0 Å². The van der Waals surface area contributed by atoms with Crippen LogP contribution in [0.4, 0.5) is 0 Å². The number of benzene rings is 1. The first kappa shape index (κ1) is 7.64. The fourth-order valence-electron chi connectivity index (χ4n) is 1.36. The topological polar surface area (TPSA) is 56.1 Å². The van der Waals surface area contributed by atoms with Crippen LogP contribution in [0.5, 0.6) is 0 Å². The second kappa shape index (κ2) is 2.88. The van der Waals surface area contributed by atoms with Crippen molar-refractivity contribution in [3.8, 4) is 5.69 Å². The van der Waals surface area contributed by atoms with Crippen molar-refractivity contribution in [1.29, 1.82) is 0 Å². The summed E-state index contributed by atoms with van der Waals surface area (Å²) in [6.45, 7) is 0.838. The highest BCUT2D eigenvalue weighted by molar-refractivity contribution is 5.34. The molecule has 2 aromatic rings. The summed E-state index contributed by atoms with van der Waals surface area (Å²) in [6, 6.07) is 8.03. The maximum Gasteiger partial charge on any atom is 0.143 e. The van der Waals surface area contributed by atoms with Gasteiger partial charge in [0.1, 0.15) is 12.4 Å². The minimum Gasteiger partial charge on any atom is -0.368 e. The van der Waals surface area contributed by atoms with Crippen molar-refractivity contribution in [2.45, 2.75) is 6.10 Å². The van der Waals surface area contributed by atoms with E-state index >= 15 is 0 Å². The van der Waals surface area contributed by atoms with Gasteiger partial charge in [-0.2, -0.15) is 0 Å². The third-order valence-corrected chi connectivity index (χ3v) is 2.21. The Kier molecular flexibility index (Phi) is 1.57. The third kappa shape index (κ3) is 1.27. The largest absolute Gasteiger partial charge is 0.368 e. The van der Waals surface area contributed by atoms with Gasteiger partial charge in [0.05, 0.1) is 12.3 Å². The van der Waals surface area contributed by atoms with E-state index in [0.29, 0.717) is 6.10 Å². The van der Waals surface area contributed by atoms with Gasteiger partial charge in [-0.25, -0.2) is 4.68 Å². The van der Waals surface area contributed by atoms with Gasteiger partial charge in [0.15, 0.2) is 0 Å². The molecule has 0 spiro atoms. The number of epoxide rings is 1. The molecule has 1 aliphatic heterocycles. The van der Waals surface area contributed by atoms with Gasteiger partial charge in [-0.3, -0.25) is 0 Å². The standard InChI is InChI=1S/C9H8N4O/c1-3-8(13-6-10-11-12-13)4-2-7(1)9-5-14-9/h1-4,6,9H,5H2. The highest BCUT2D eigenvalue weighted by Crippen LogP contribution is 2.29. The summed E-state index contributed by atoms with van der Waals surface area (Å²) >= 11 is 0. The van der Waals surface area contributed by atoms with Crippen molar-refractivity contribution in [2.75, 3.05) is 6.61 Å². The first-order valence-corrected chi connectivity index (χ1v) is 4.38. The monoisotopic (exact) mass is 188 g/mol. The van der Waals surface area contributed by atoms with Crippen molar-refractivity contribution in [1.82, 2.24) is 20.2 Å². The number of aromatic nitrogens is 4. The molecule has 1 aromatic heterocycles. The second-order valence-electron chi connectivity index (χ2n) is 3.17. The Morgan fingerprint density at radius 3 is 2.64 bits per heavy atom. The average Bonchev–Trinajstić information content (AvgIpc) is 2.94. The summed E-state index contributed by atoms with van der Waals surface area (Å²) in [5.41, 5.74) is 2.17. The maximum absolute atomic E-state index is 5.18. The van der Waals surface area contributed by atoms with E-state index in [0.717, 1.165) is 12.3 Å². The van der Waals surface area contributed by atoms with E-state index in [1.54, 1.807) is 11.0 Å². The van der Waals surface area contributed by atoms with Gasteiger partial charge in [0, 0.05) is 0 Å². The van der Waals surface area contributed by atoms with Crippen LogP contribution in [-0.2, 0) is 4.74 Å². The normalized spacial score (nSPS) is 19.6. The molecule has 1 atom stereocenters. The summed E-state index contributed by atoms with van der Waals surface area (Å²) in [5.74, 6) is 0. The molecule has 14 heavy (non-hydrogen) atoms. The molecule has 0 bridgehead atoms. The molecule has 0 aliphatic carbocycles. The van der Waals surface area contributed by atoms with Crippen LogP contribution < -0.4 is 0 Å². The molecule has 1 saturated heterocycles. The first-order valence-electron chi connectivity index (χ1n) is 4.38. The van der Waals surface area contributed by atoms with Crippen LogP contribution in [0.2, 0.25) is 0 Å². The predicted octanol–water partition coefficient (Wildman–Crippen LogP) is 0.734. The van der Waals surface area contributed by atoms with Crippen molar-refractivity contribution in [3.05, 3.63) is 36.2 Å². The Morgan fingerprint density at radius 1 is 1.29 bits per heavy atom. The Bertz CT molecular complexity index is 419. The Labute approximate surface area is 80.3 Å². The van der Waals surface area contributed by atoms with Crippen LogP contribution in [-0.4, -0.2) is 26.8 Å². The zero-order chi connectivity index (χ0) is 9.38. The molecule has 1 unspecified atom stereocenters. The molecular weight excluding hydrogens is 180 g/mol. The van der Waals surface area contributed by atoms with E-state index in [2.05, 4.69) is 15.5 Å². The van der Waals surface area contributed by atoms with E-state index in [1.165, 1.54) is 5.56 Å². The van der Waals surface area contributed by atoms with E-state index in [4.69, 9.17) is 4.74 Å². The maximum atomic E-state index is 5.18. The first-order chi connectivity index (χ1) is 6.93. The minimum atomic E-state index is 0.304. The van der Waals surface area contributed by atoms with Gasteiger partial charge >= 0.3 is 0 Å². The molecule has 0 radical (unpaired) electrons. The molecule has 70 valence electrons. The number of ether oxygens (including phenoxy) is 1. The van der Waals surface area contributed by atoms with Gasteiger partial charge in [0.2, 0.25) is 0 Å². The van der Waals surface area contributed by atoms with Gasteiger partial charge in [-0.15, -0.1) is 5.10 Å². The van der Waals surface area contributed by atoms with Gasteiger partial charge in [0.25, 0.3) is 0 Å². The quantitative estimate of drug-likeness (QED) is 0.652. The molecule has 5 heteroatoms. The highest BCUT2D eigenvalue weighted by Gasteiger charge is 2.24. The lowest BCUT2D eigenvalue weighted by molar-refractivity contribution is 0.415. The molecule has 0 amide bonds. The summed E-state index contributed by atoms with van der Waals surface area (Å²) in [5, 5.41) is 11.0. The van der Waals surface area contributed by atoms with Crippen LogP contribution >= 0.6 is 0 Å². The predicted molar refractivity (Wildman–Crippen MR) is 47.8 cm³/mol. The highest BCUT2D eigenvalue weighted by atomic mass is 16.6. The number of hydrogen-bond acceptors (Lipinski definition) is 4. The number of hydrogen-bond donors (Lipinski definition) is 0. The number of nitrogens with zero attached hydrogens (tertiary/aromatic N) is 4. The SMILES string of the molecule is c1cc(-n2cnnn2)ccc1C1CO1. The van der Waals surface area contributed by atoms with Crippen LogP contribution in [0.15, 0.2) is 30.6 Å². The van der Waals surface area contributed by atoms with Crippen LogP contribution in [0.3, 0.4) is 0 Å². The van der Waals surface area contributed by atoms with E-state index in [9.17, 15) is 0 Å². The molecule has 0 saturated carbocycles. The summed E-state index contributed by atoms with van der Waals surface area (Å²) in [7, 11) is 0. The Morgan fingerprint density at radius 2 is 2.07 bits per heavy atom. The summed E-state index contributed by atoms with van der Waals surface area (Å²) in [4.78, 5) is 0. The summed E-state index contributed by atoms with van der Waals surface area (Å²) in [6.07, 6.45) is 1.88. The van der Waals surface area contributed by atoms with Crippen molar-refractivity contribution < 1.29 is 4.74 Å². The van der Waals surface area contributed by atoms with Crippen molar-refractivity contribution in [3.63, 3.8) is 0 Å². The molecule has 1 aliphatic rings. The average molecular weight is 188 g/mol. The van der Waals surface area contributed by atoms with E-state index in [1.807, 2.05) is 24.3 Å². The number of tetrazole rings is 1. The molecule has 5 nitrogen and oxygen atoms in total. The smallest absolute Gasteiger partial charge is 0.143 e. The Balaban J connectivity index is 1.93. The van der Waals surface area contributed by atoms with E-state index in [-0.39, 0.29) is 0 Å². The van der Waals surface area contributed by atoms with Crippen LogP contribution in [0.25, 0.3) is 5.69 Å². The molecule has 1 aromatic carbocycles. The Hall–Kier alpha value is -1.75. The zero-order valence-electron chi connectivity index (χ0n) is 7.37. The van der Waals surface area contributed by atoms with Gasteiger partial charge < -0.3 is 4.74 Å². The van der Waals surface area contributed by atoms with E-state index < -0.39 is 0 Å². The lowest BCUT2D eigenvalue weighted by atomic mass is 10.1. The van der Waals surface area contributed by atoms with Crippen molar-refractivity contribution >= 4 is 0 Å². The third-order valence-electron chi connectivity index (χ3n) is 2.21. The van der Waals surface area contributed by atoms with Crippen LogP contribution in [0.1, 0.15) is 11.7 Å². The molecule has 1 fully saturated rings. The molecular formula is C9H8N4O. The molecule has 3 rings (SSSR count). The lowest BCUT2D eigenvalue weighted by Crippen LogP contribution is -1.94. The fraction of sp³-hybridized carbons (Fsp3) is 0.222. The van der Waals surface area contributed by atoms with Gasteiger partial charge in [-0.05, 0) is 28.1 Å². The van der Waals surface area contributed by atoms with Gasteiger partial charge in [-0.1, -0.05) is 12.1 Å². The lowest BCUT2D eigenvalue weighted by Gasteiger charge is -1.99. The second-order valence-corrected chi connectivity index (χ2v) is 3.17. The summed E-state index contributed by atoms with van der Waals surface area (Å²) < 4.78 is 6.80. The minimum absolute atomic E-state index is 0.304. The van der Waals surface area contributed by atoms with Crippen molar-refractivity contribution in [2.24, 2.45) is 0 Å². The fourth-order valence-corrected chi connectivity index (χ4v) is 1.36.